The quantitative estimate of drug-likeness (QED) is 0.649. The molecule has 1 aliphatic heterocycles. The van der Waals surface area contributed by atoms with Gasteiger partial charge in [-0.05, 0) is 51.2 Å². The number of nitrogens with zero attached hydrogens (tertiary/aromatic N) is 1. The molecule has 1 heterocycles. The Morgan fingerprint density at radius 1 is 1.33 bits per heavy atom. The van der Waals surface area contributed by atoms with E-state index in [2.05, 4.69) is 23.7 Å². The minimum absolute atomic E-state index is 0.919. The van der Waals surface area contributed by atoms with Crippen LogP contribution < -0.4 is 5.32 Å². The lowest BCUT2D eigenvalue weighted by Gasteiger charge is -2.29. The Hall–Kier alpha value is -0.340. The minimum Gasteiger partial charge on any atom is -0.317 e. The van der Waals surface area contributed by atoms with Gasteiger partial charge in [0.25, 0.3) is 0 Å². The van der Waals surface area contributed by atoms with Crippen molar-refractivity contribution >= 4 is 0 Å². The zero-order valence-electron chi connectivity index (χ0n) is 10.2. The van der Waals surface area contributed by atoms with Crippen LogP contribution in [0.15, 0.2) is 12.7 Å². The van der Waals surface area contributed by atoms with E-state index in [-0.39, 0.29) is 0 Å². The predicted octanol–water partition coefficient (Wildman–Crippen LogP) is 2.27. The Balaban J connectivity index is 2.24. The van der Waals surface area contributed by atoms with Crippen molar-refractivity contribution in [1.29, 1.82) is 0 Å². The van der Waals surface area contributed by atoms with E-state index >= 15 is 0 Å². The molecule has 0 spiro atoms. The number of piperidine rings is 1. The first-order valence-electron chi connectivity index (χ1n) is 6.40. The molecule has 0 aromatic rings. The van der Waals surface area contributed by atoms with Crippen LogP contribution in [0, 0.1) is 5.92 Å². The third-order valence-corrected chi connectivity index (χ3v) is 3.16. The molecular weight excluding hydrogens is 184 g/mol. The molecule has 0 radical (unpaired) electrons. The molecule has 1 rings (SSSR count). The van der Waals surface area contributed by atoms with E-state index in [0.29, 0.717) is 0 Å². The molecule has 0 unspecified atom stereocenters. The van der Waals surface area contributed by atoms with Gasteiger partial charge in [-0.3, -0.25) is 0 Å². The normalized spacial score (nSPS) is 18.3. The van der Waals surface area contributed by atoms with Gasteiger partial charge in [0.2, 0.25) is 0 Å². The second-order valence-electron chi connectivity index (χ2n) is 4.57. The summed E-state index contributed by atoms with van der Waals surface area (Å²) in [5.41, 5.74) is 0. The maximum absolute atomic E-state index is 3.80. The molecule has 0 aromatic heterocycles. The van der Waals surface area contributed by atoms with Crippen LogP contribution >= 0.6 is 0 Å². The molecular formula is C13H26N2. The van der Waals surface area contributed by atoms with Crippen molar-refractivity contribution in [3.05, 3.63) is 12.7 Å². The Morgan fingerprint density at radius 2 is 2.07 bits per heavy atom. The van der Waals surface area contributed by atoms with Gasteiger partial charge in [-0.2, -0.15) is 0 Å². The first kappa shape index (κ1) is 12.7. The van der Waals surface area contributed by atoms with Crippen molar-refractivity contribution in [3.8, 4) is 0 Å². The molecule has 0 aliphatic carbocycles. The largest absolute Gasteiger partial charge is 0.317 e. The van der Waals surface area contributed by atoms with Crippen LogP contribution in [-0.4, -0.2) is 37.6 Å². The minimum atomic E-state index is 0.919. The molecule has 1 saturated heterocycles. The van der Waals surface area contributed by atoms with E-state index in [9.17, 15) is 0 Å². The second kappa shape index (κ2) is 7.89. The van der Waals surface area contributed by atoms with Crippen LogP contribution in [-0.2, 0) is 0 Å². The summed E-state index contributed by atoms with van der Waals surface area (Å²) in [5, 5.41) is 3.43. The lowest BCUT2D eigenvalue weighted by atomic mass is 9.97. The molecule has 0 atom stereocenters. The van der Waals surface area contributed by atoms with Gasteiger partial charge in [0, 0.05) is 13.1 Å². The maximum Gasteiger partial charge on any atom is 0.00159 e. The van der Waals surface area contributed by atoms with Crippen molar-refractivity contribution in [2.45, 2.75) is 32.6 Å². The molecule has 15 heavy (non-hydrogen) atoms. The van der Waals surface area contributed by atoms with E-state index in [1.54, 1.807) is 0 Å². The average molecular weight is 210 g/mol. The summed E-state index contributed by atoms with van der Waals surface area (Å²) in [6.07, 6.45) is 7.14. The van der Waals surface area contributed by atoms with Crippen molar-refractivity contribution in [2.24, 2.45) is 5.92 Å². The zero-order valence-corrected chi connectivity index (χ0v) is 10.2. The van der Waals surface area contributed by atoms with Crippen LogP contribution in [0.1, 0.15) is 32.6 Å². The fourth-order valence-electron chi connectivity index (χ4n) is 2.31. The molecule has 88 valence electrons. The monoisotopic (exact) mass is 210 g/mol. The Kier molecular flexibility index (Phi) is 6.69. The highest BCUT2D eigenvalue weighted by atomic mass is 15.1. The number of rotatable bonds is 7. The molecule has 0 amide bonds. The highest BCUT2D eigenvalue weighted by Crippen LogP contribution is 2.13. The van der Waals surface area contributed by atoms with Crippen molar-refractivity contribution in [3.63, 3.8) is 0 Å². The molecule has 0 saturated carbocycles. The van der Waals surface area contributed by atoms with E-state index in [4.69, 9.17) is 0 Å². The van der Waals surface area contributed by atoms with Gasteiger partial charge in [0.1, 0.15) is 0 Å². The highest BCUT2D eigenvalue weighted by Gasteiger charge is 2.15. The summed E-state index contributed by atoms with van der Waals surface area (Å²) >= 11 is 0. The SMILES string of the molecule is C=CCCN(CCC)CC1CCNCC1. The lowest BCUT2D eigenvalue weighted by Crippen LogP contribution is -2.36. The van der Waals surface area contributed by atoms with E-state index < -0.39 is 0 Å². The topological polar surface area (TPSA) is 15.3 Å². The Labute approximate surface area is 94.7 Å². The van der Waals surface area contributed by atoms with Gasteiger partial charge in [-0.25, -0.2) is 0 Å². The first-order chi connectivity index (χ1) is 7.36. The first-order valence-corrected chi connectivity index (χ1v) is 6.40. The zero-order chi connectivity index (χ0) is 10.9. The third-order valence-electron chi connectivity index (χ3n) is 3.16. The summed E-state index contributed by atoms with van der Waals surface area (Å²) in [6.45, 7) is 12.2. The van der Waals surface area contributed by atoms with E-state index in [1.807, 2.05) is 6.08 Å². The summed E-state index contributed by atoms with van der Waals surface area (Å²) < 4.78 is 0. The smallest absolute Gasteiger partial charge is 0.00159 e. The van der Waals surface area contributed by atoms with Gasteiger partial charge in [0.05, 0.1) is 0 Å². The van der Waals surface area contributed by atoms with Gasteiger partial charge < -0.3 is 10.2 Å². The molecule has 1 aliphatic rings. The molecule has 1 fully saturated rings. The summed E-state index contributed by atoms with van der Waals surface area (Å²) in [7, 11) is 0. The van der Waals surface area contributed by atoms with Crippen molar-refractivity contribution < 1.29 is 0 Å². The second-order valence-corrected chi connectivity index (χ2v) is 4.57. The lowest BCUT2D eigenvalue weighted by molar-refractivity contribution is 0.208. The van der Waals surface area contributed by atoms with Crippen LogP contribution in [0.5, 0.6) is 0 Å². The molecule has 2 heteroatoms. The summed E-state index contributed by atoms with van der Waals surface area (Å²) in [5.74, 6) is 0.919. The molecule has 0 bridgehead atoms. The number of hydrogen-bond donors (Lipinski definition) is 1. The standard InChI is InChI=1S/C13H26N2/c1-3-5-11-15(10-4-2)12-13-6-8-14-9-7-13/h3,13-14H,1,4-12H2,2H3. The number of nitrogens with one attached hydrogen (secondary N) is 1. The average Bonchev–Trinajstić information content (AvgIpc) is 2.28. The summed E-state index contributed by atoms with van der Waals surface area (Å²) in [6, 6.07) is 0. The fraction of sp³-hybridized carbons (Fsp3) is 0.846. The van der Waals surface area contributed by atoms with Crippen molar-refractivity contribution in [2.75, 3.05) is 32.7 Å². The Morgan fingerprint density at radius 3 is 2.67 bits per heavy atom. The van der Waals surface area contributed by atoms with Crippen LogP contribution in [0.4, 0.5) is 0 Å². The Bertz CT molecular complexity index is 162. The predicted molar refractivity (Wildman–Crippen MR) is 67.1 cm³/mol. The van der Waals surface area contributed by atoms with Crippen LogP contribution in [0.3, 0.4) is 0 Å². The van der Waals surface area contributed by atoms with Gasteiger partial charge in [0.15, 0.2) is 0 Å². The van der Waals surface area contributed by atoms with Crippen LogP contribution in [0.2, 0.25) is 0 Å². The number of hydrogen-bond acceptors (Lipinski definition) is 2. The van der Waals surface area contributed by atoms with Crippen molar-refractivity contribution in [1.82, 2.24) is 10.2 Å². The van der Waals surface area contributed by atoms with Gasteiger partial charge in [-0.15, -0.1) is 6.58 Å². The maximum atomic E-state index is 3.80. The summed E-state index contributed by atoms with van der Waals surface area (Å²) in [4.78, 5) is 2.61. The molecule has 1 N–H and O–H groups in total. The van der Waals surface area contributed by atoms with E-state index in [0.717, 1.165) is 12.3 Å². The van der Waals surface area contributed by atoms with Gasteiger partial charge in [-0.1, -0.05) is 13.0 Å². The fourth-order valence-corrected chi connectivity index (χ4v) is 2.31. The van der Waals surface area contributed by atoms with E-state index in [1.165, 1.54) is 52.0 Å². The highest BCUT2D eigenvalue weighted by molar-refractivity contribution is 4.75. The molecule has 2 nitrogen and oxygen atoms in total. The third kappa shape index (κ3) is 5.33. The molecule has 0 aromatic carbocycles. The van der Waals surface area contributed by atoms with Crippen LogP contribution in [0.25, 0.3) is 0 Å². The van der Waals surface area contributed by atoms with Gasteiger partial charge >= 0.3 is 0 Å².